The van der Waals surface area contributed by atoms with Crippen molar-refractivity contribution in [2.75, 3.05) is 11.9 Å². The molecule has 1 N–H and O–H groups in total. The Morgan fingerprint density at radius 2 is 1.95 bits per heavy atom. The zero-order valence-electron chi connectivity index (χ0n) is 11.7. The zero-order chi connectivity index (χ0) is 14.7. The van der Waals surface area contributed by atoms with Crippen LogP contribution in [0.1, 0.15) is 17.5 Å². The summed E-state index contributed by atoms with van der Waals surface area (Å²) in [6.45, 7) is 1.78. The highest BCUT2D eigenvalue weighted by Crippen LogP contribution is 2.26. The van der Waals surface area contributed by atoms with E-state index < -0.39 is 0 Å². The molecule has 0 bridgehead atoms. The Labute approximate surface area is 135 Å². The van der Waals surface area contributed by atoms with E-state index in [0.29, 0.717) is 0 Å². The summed E-state index contributed by atoms with van der Waals surface area (Å²) in [6.07, 6.45) is 2.16. The third-order valence-corrected chi connectivity index (χ3v) is 4.29. The molecule has 0 fully saturated rings. The maximum atomic E-state index is 6.07. The number of hydrogen-bond acceptors (Lipinski definition) is 1. The summed E-state index contributed by atoms with van der Waals surface area (Å²) in [5.41, 5.74) is 3.65. The standard InChI is InChI=1S/C17H17ClN2S/c18-15-8-9-16-14(11-15)12-20(17(21)19-16)10-4-7-13-5-2-1-3-6-13/h1-3,5-6,8-9,11H,4,7,10,12H2,(H,19,21). The van der Waals surface area contributed by atoms with Gasteiger partial charge in [-0.25, -0.2) is 0 Å². The highest BCUT2D eigenvalue weighted by molar-refractivity contribution is 7.80. The summed E-state index contributed by atoms with van der Waals surface area (Å²) in [4.78, 5) is 2.21. The lowest BCUT2D eigenvalue weighted by atomic mass is 10.1. The summed E-state index contributed by atoms with van der Waals surface area (Å²) < 4.78 is 0. The minimum Gasteiger partial charge on any atom is -0.345 e. The van der Waals surface area contributed by atoms with Crippen molar-refractivity contribution in [2.45, 2.75) is 19.4 Å². The van der Waals surface area contributed by atoms with Crippen LogP contribution >= 0.6 is 23.8 Å². The van der Waals surface area contributed by atoms with E-state index in [4.69, 9.17) is 23.8 Å². The first-order valence-corrected chi connectivity index (χ1v) is 7.89. The van der Waals surface area contributed by atoms with Crippen molar-refractivity contribution in [1.29, 1.82) is 0 Å². The Morgan fingerprint density at radius 1 is 1.14 bits per heavy atom. The van der Waals surface area contributed by atoms with Gasteiger partial charge in [-0.05, 0) is 54.4 Å². The maximum Gasteiger partial charge on any atom is 0.173 e. The largest absolute Gasteiger partial charge is 0.345 e. The number of anilines is 1. The lowest BCUT2D eigenvalue weighted by Gasteiger charge is -2.32. The highest BCUT2D eigenvalue weighted by atomic mass is 35.5. The van der Waals surface area contributed by atoms with Gasteiger partial charge in [-0.3, -0.25) is 0 Å². The van der Waals surface area contributed by atoms with Gasteiger partial charge in [0.1, 0.15) is 0 Å². The van der Waals surface area contributed by atoms with E-state index in [9.17, 15) is 0 Å². The Bertz CT molecular complexity index is 642. The highest BCUT2D eigenvalue weighted by Gasteiger charge is 2.19. The van der Waals surface area contributed by atoms with Crippen LogP contribution in [-0.2, 0) is 13.0 Å². The predicted octanol–water partition coefficient (Wildman–Crippen LogP) is 4.49. The third kappa shape index (κ3) is 3.55. The molecule has 0 saturated carbocycles. The number of nitrogens with one attached hydrogen (secondary N) is 1. The van der Waals surface area contributed by atoms with Crippen LogP contribution in [0, 0.1) is 0 Å². The number of thiocarbonyl (C=S) groups is 1. The Morgan fingerprint density at radius 3 is 2.76 bits per heavy atom. The molecule has 4 heteroatoms. The lowest BCUT2D eigenvalue weighted by Crippen LogP contribution is -2.39. The first-order valence-electron chi connectivity index (χ1n) is 7.10. The molecule has 2 nitrogen and oxygen atoms in total. The fourth-order valence-electron chi connectivity index (χ4n) is 2.59. The molecule has 0 aliphatic carbocycles. The number of hydrogen-bond donors (Lipinski definition) is 1. The topological polar surface area (TPSA) is 15.3 Å². The molecule has 2 aromatic carbocycles. The molecule has 0 aromatic heterocycles. The van der Waals surface area contributed by atoms with Crippen LogP contribution in [0.4, 0.5) is 5.69 Å². The molecule has 0 saturated heterocycles. The van der Waals surface area contributed by atoms with Gasteiger partial charge in [-0.1, -0.05) is 41.9 Å². The van der Waals surface area contributed by atoms with E-state index in [1.807, 2.05) is 24.3 Å². The minimum atomic E-state index is 0.771. The normalized spacial score (nSPS) is 13.8. The Hall–Kier alpha value is -1.58. The van der Waals surface area contributed by atoms with Gasteiger partial charge in [0.2, 0.25) is 0 Å². The van der Waals surface area contributed by atoms with Gasteiger partial charge >= 0.3 is 0 Å². The number of rotatable bonds is 4. The fraction of sp³-hybridized carbons (Fsp3) is 0.235. The van der Waals surface area contributed by atoms with Crippen LogP contribution in [0.15, 0.2) is 48.5 Å². The zero-order valence-corrected chi connectivity index (χ0v) is 13.3. The molecule has 3 rings (SSSR count). The van der Waals surface area contributed by atoms with Gasteiger partial charge in [-0.2, -0.15) is 0 Å². The first-order chi connectivity index (χ1) is 10.2. The summed E-state index contributed by atoms with van der Waals surface area (Å²) >= 11 is 11.5. The molecule has 0 spiro atoms. The van der Waals surface area contributed by atoms with Gasteiger partial charge in [-0.15, -0.1) is 0 Å². The molecule has 1 aliphatic rings. The summed E-state index contributed by atoms with van der Waals surface area (Å²) in [5, 5.41) is 4.86. The van der Waals surface area contributed by atoms with Crippen molar-refractivity contribution < 1.29 is 0 Å². The van der Waals surface area contributed by atoms with E-state index in [2.05, 4.69) is 34.5 Å². The molecule has 0 radical (unpaired) electrons. The van der Waals surface area contributed by atoms with Gasteiger partial charge in [0, 0.05) is 23.8 Å². The minimum absolute atomic E-state index is 0.771. The van der Waals surface area contributed by atoms with Crippen LogP contribution < -0.4 is 5.32 Å². The van der Waals surface area contributed by atoms with Crippen molar-refractivity contribution in [2.24, 2.45) is 0 Å². The van der Waals surface area contributed by atoms with Crippen LogP contribution in [-0.4, -0.2) is 16.6 Å². The molecule has 108 valence electrons. The number of aryl methyl sites for hydroxylation is 1. The molecule has 0 amide bonds. The van der Waals surface area contributed by atoms with Crippen LogP contribution in [0.25, 0.3) is 0 Å². The number of benzene rings is 2. The molecular formula is C17H17ClN2S. The van der Waals surface area contributed by atoms with Gasteiger partial charge < -0.3 is 10.2 Å². The molecule has 1 heterocycles. The lowest BCUT2D eigenvalue weighted by molar-refractivity contribution is 0.405. The number of halogens is 1. The molecule has 0 atom stereocenters. The smallest absolute Gasteiger partial charge is 0.173 e. The van der Waals surface area contributed by atoms with E-state index in [0.717, 1.165) is 41.8 Å². The second kappa shape index (κ2) is 6.46. The molecule has 0 unspecified atom stereocenters. The van der Waals surface area contributed by atoms with E-state index in [1.165, 1.54) is 11.1 Å². The monoisotopic (exact) mass is 316 g/mol. The van der Waals surface area contributed by atoms with Crippen molar-refractivity contribution in [3.05, 3.63) is 64.7 Å². The average Bonchev–Trinajstić information content (AvgIpc) is 2.49. The fourth-order valence-corrected chi connectivity index (χ4v) is 3.05. The SMILES string of the molecule is S=C1Nc2ccc(Cl)cc2CN1CCCc1ccccc1. The quantitative estimate of drug-likeness (QED) is 0.837. The Balaban J connectivity index is 1.60. The predicted molar refractivity (Wildman–Crippen MR) is 92.8 cm³/mol. The molecular weight excluding hydrogens is 300 g/mol. The second-order valence-electron chi connectivity index (χ2n) is 5.24. The summed E-state index contributed by atoms with van der Waals surface area (Å²) in [6, 6.07) is 16.4. The van der Waals surface area contributed by atoms with Crippen LogP contribution in [0.5, 0.6) is 0 Å². The number of nitrogens with zero attached hydrogens (tertiary/aromatic N) is 1. The van der Waals surface area contributed by atoms with E-state index in [-0.39, 0.29) is 0 Å². The van der Waals surface area contributed by atoms with Crippen molar-refractivity contribution >= 4 is 34.6 Å². The Kier molecular flexibility index (Phi) is 4.42. The van der Waals surface area contributed by atoms with E-state index in [1.54, 1.807) is 0 Å². The summed E-state index contributed by atoms with van der Waals surface area (Å²) in [5.74, 6) is 0. The molecule has 21 heavy (non-hydrogen) atoms. The third-order valence-electron chi connectivity index (χ3n) is 3.69. The maximum absolute atomic E-state index is 6.07. The van der Waals surface area contributed by atoms with Crippen LogP contribution in [0.2, 0.25) is 5.02 Å². The van der Waals surface area contributed by atoms with Gasteiger partial charge in [0.15, 0.2) is 5.11 Å². The van der Waals surface area contributed by atoms with E-state index >= 15 is 0 Å². The number of fused-ring (bicyclic) bond motifs is 1. The average molecular weight is 317 g/mol. The second-order valence-corrected chi connectivity index (χ2v) is 6.07. The summed E-state index contributed by atoms with van der Waals surface area (Å²) in [7, 11) is 0. The van der Waals surface area contributed by atoms with Crippen molar-refractivity contribution in [3.8, 4) is 0 Å². The molecule has 2 aromatic rings. The van der Waals surface area contributed by atoms with Gasteiger partial charge in [0.25, 0.3) is 0 Å². The van der Waals surface area contributed by atoms with Crippen molar-refractivity contribution in [1.82, 2.24) is 4.90 Å². The van der Waals surface area contributed by atoms with Crippen LogP contribution in [0.3, 0.4) is 0 Å². The molecule has 1 aliphatic heterocycles. The van der Waals surface area contributed by atoms with Crippen molar-refractivity contribution in [3.63, 3.8) is 0 Å². The first kappa shape index (κ1) is 14.4. The van der Waals surface area contributed by atoms with Gasteiger partial charge in [0.05, 0.1) is 0 Å².